The second-order valence-electron chi connectivity index (χ2n) is 8.50. The highest BCUT2D eigenvalue weighted by molar-refractivity contribution is 7.91. The van der Waals surface area contributed by atoms with Gasteiger partial charge in [0.15, 0.2) is 15.7 Å². The molecule has 0 atom stereocenters. The molecule has 0 amide bonds. The molecule has 4 aromatic rings. The number of hydrogen-bond acceptors (Lipinski definition) is 6. The normalized spacial score (nSPS) is 12.8. The van der Waals surface area contributed by atoms with Crippen molar-refractivity contribution in [2.45, 2.75) is 37.5 Å². The van der Waals surface area contributed by atoms with Crippen molar-refractivity contribution in [3.63, 3.8) is 0 Å². The lowest BCUT2D eigenvalue weighted by Crippen LogP contribution is -2.33. The van der Waals surface area contributed by atoms with E-state index >= 15 is 0 Å². The Morgan fingerprint density at radius 3 is 2.30 bits per heavy atom. The zero-order valence-corrected chi connectivity index (χ0v) is 21.3. The number of hydrogen-bond donors (Lipinski definition) is 0. The number of fused-ring (bicyclic) bond motifs is 1. The highest BCUT2D eigenvalue weighted by Gasteiger charge is 2.44. The summed E-state index contributed by atoms with van der Waals surface area (Å²) in [4.78, 5) is 16.8. The van der Waals surface area contributed by atoms with Crippen LogP contribution in [0.4, 0.5) is 30.7 Å². The van der Waals surface area contributed by atoms with Crippen molar-refractivity contribution < 1.29 is 43.9 Å². The monoisotopic (exact) mass is 589 g/mol. The van der Waals surface area contributed by atoms with E-state index in [9.17, 15) is 43.9 Å². The van der Waals surface area contributed by atoms with Gasteiger partial charge in [-0.2, -0.15) is 40.5 Å². The van der Waals surface area contributed by atoms with Gasteiger partial charge in [0.2, 0.25) is 0 Å². The first-order chi connectivity index (χ1) is 18.5. The molecule has 2 heterocycles. The lowest BCUT2D eigenvalue weighted by Gasteiger charge is -2.17. The maximum Gasteiger partial charge on any atom is 0.461 e. The average molecular weight is 589 g/mol. The van der Waals surface area contributed by atoms with Crippen molar-refractivity contribution >= 4 is 20.6 Å². The summed E-state index contributed by atoms with van der Waals surface area (Å²) in [6.07, 6.45) is -12.6. The second kappa shape index (κ2) is 10.2. The van der Waals surface area contributed by atoms with Crippen LogP contribution in [0.5, 0.6) is 5.75 Å². The second-order valence-corrected chi connectivity index (χ2v) is 10.7. The van der Waals surface area contributed by atoms with Crippen LogP contribution in [0.2, 0.25) is 0 Å². The van der Waals surface area contributed by atoms with Crippen LogP contribution >= 0.6 is 0 Å². The molecule has 2 aromatic carbocycles. The molecule has 0 aliphatic rings. The quantitative estimate of drug-likeness (QED) is 0.253. The third-order valence-electron chi connectivity index (χ3n) is 5.83. The molecular formula is C25H18F7N3O4S. The van der Waals surface area contributed by atoms with Crippen molar-refractivity contribution in [2.75, 3.05) is 5.75 Å². The zero-order valence-electron chi connectivity index (χ0n) is 20.5. The Morgan fingerprint density at radius 1 is 0.975 bits per heavy atom. The number of ether oxygens (including phenoxy) is 1. The number of aromatic nitrogens is 3. The fraction of sp³-hybridized carbons (Fsp3) is 0.240. The molecule has 0 spiro atoms. The summed E-state index contributed by atoms with van der Waals surface area (Å²) in [6, 6.07) is 8.05. The maximum absolute atomic E-state index is 13.4. The summed E-state index contributed by atoms with van der Waals surface area (Å²) in [7, 11) is -4.16. The first kappa shape index (κ1) is 29.0. The first-order valence-electron chi connectivity index (χ1n) is 11.3. The van der Waals surface area contributed by atoms with E-state index in [4.69, 9.17) is 0 Å². The predicted molar refractivity (Wildman–Crippen MR) is 130 cm³/mol. The molecule has 4 rings (SSSR count). The minimum atomic E-state index is -4.79. The van der Waals surface area contributed by atoms with Gasteiger partial charge < -0.3 is 4.74 Å². The van der Waals surface area contributed by atoms with E-state index in [1.165, 1.54) is 26.0 Å². The van der Waals surface area contributed by atoms with Gasteiger partial charge in [0.25, 0.3) is 5.56 Å². The Hall–Kier alpha value is -4.01. The van der Waals surface area contributed by atoms with E-state index in [-0.39, 0.29) is 27.6 Å². The van der Waals surface area contributed by atoms with Crippen molar-refractivity contribution in [1.29, 1.82) is 0 Å². The van der Waals surface area contributed by atoms with Gasteiger partial charge in [0.05, 0.1) is 22.4 Å². The number of rotatable bonds is 7. The molecule has 0 N–H and O–H groups in total. The van der Waals surface area contributed by atoms with E-state index in [1.54, 1.807) is 0 Å². The van der Waals surface area contributed by atoms with E-state index in [0.29, 0.717) is 10.7 Å². The van der Waals surface area contributed by atoms with Crippen molar-refractivity contribution in [2.24, 2.45) is 0 Å². The largest absolute Gasteiger partial charge is 0.461 e. The SMILES string of the molecule is CCS(=O)(=O)c1cc(-c2cccc(OC(F)(F)C(F)F)c2)cnc1-n1nc(C)c2ccc(C(F)(F)F)cc2c1=O. The zero-order chi connectivity index (χ0) is 29.6. The van der Waals surface area contributed by atoms with Crippen LogP contribution < -0.4 is 10.3 Å². The number of pyridine rings is 1. The number of sulfone groups is 1. The first-order valence-corrected chi connectivity index (χ1v) is 13.0. The van der Waals surface area contributed by atoms with E-state index < -0.39 is 61.9 Å². The summed E-state index contributed by atoms with van der Waals surface area (Å²) in [5, 5.41) is 3.80. The van der Waals surface area contributed by atoms with E-state index in [2.05, 4.69) is 14.8 Å². The van der Waals surface area contributed by atoms with Gasteiger partial charge in [-0.05, 0) is 42.8 Å². The third kappa shape index (κ3) is 5.50. The van der Waals surface area contributed by atoms with Gasteiger partial charge >= 0.3 is 18.7 Å². The summed E-state index contributed by atoms with van der Waals surface area (Å²) >= 11 is 0. The molecule has 0 unspecified atom stereocenters. The number of nitrogens with zero attached hydrogens (tertiary/aromatic N) is 3. The highest BCUT2D eigenvalue weighted by Crippen LogP contribution is 2.33. The molecule has 40 heavy (non-hydrogen) atoms. The van der Waals surface area contributed by atoms with Crippen LogP contribution in [0.15, 0.2) is 64.4 Å². The molecule has 15 heteroatoms. The summed E-state index contributed by atoms with van der Waals surface area (Å²) in [5.74, 6) is -1.63. The molecule has 0 aliphatic heterocycles. The topological polar surface area (TPSA) is 91.2 Å². The third-order valence-corrected chi connectivity index (χ3v) is 7.56. The lowest BCUT2D eigenvalue weighted by molar-refractivity contribution is -0.253. The Morgan fingerprint density at radius 2 is 1.68 bits per heavy atom. The maximum atomic E-state index is 13.4. The predicted octanol–water partition coefficient (Wildman–Crippen LogP) is 5.81. The van der Waals surface area contributed by atoms with Crippen LogP contribution in [0.1, 0.15) is 18.2 Å². The van der Waals surface area contributed by atoms with Crippen LogP contribution in [-0.2, 0) is 16.0 Å². The van der Waals surface area contributed by atoms with Gasteiger partial charge in [-0.25, -0.2) is 13.4 Å². The molecule has 7 nitrogen and oxygen atoms in total. The van der Waals surface area contributed by atoms with Crippen LogP contribution in [0.3, 0.4) is 0 Å². The standard InChI is InChI=1S/C25H18F7N3O4S/c1-3-40(37,38)20-10-15(14-5-4-6-17(9-14)39-25(31,32)23(26)27)12-33-21(20)35-22(36)19-11-16(24(28,29)30)7-8-18(19)13(2)34-35/h4-12,23H,3H2,1-2H3. The summed E-state index contributed by atoms with van der Waals surface area (Å²) < 4.78 is 122. The molecule has 0 saturated carbocycles. The Labute approximate surface area is 221 Å². The number of benzene rings is 2. The Bertz CT molecular complexity index is 1770. The number of aryl methyl sites for hydroxylation is 1. The molecule has 0 saturated heterocycles. The smallest absolute Gasteiger partial charge is 0.428 e. The molecule has 212 valence electrons. The fourth-order valence-corrected chi connectivity index (χ4v) is 4.83. The Kier molecular flexibility index (Phi) is 7.38. The molecule has 0 aliphatic carbocycles. The van der Waals surface area contributed by atoms with Crippen molar-refractivity contribution in [1.82, 2.24) is 14.8 Å². The fourth-order valence-electron chi connectivity index (χ4n) is 3.80. The van der Waals surface area contributed by atoms with E-state index in [0.717, 1.165) is 36.5 Å². The van der Waals surface area contributed by atoms with Crippen LogP contribution in [-0.4, -0.2) is 41.5 Å². The van der Waals surface area contributed by atoms with Crippen LogP contribution in [0.25, 0.3) is 27.7 Å². The van der Waals surface area contributed by atoms with Crippen molar-refractivity contribution in [3.05, 3.63) is 76.3 Å². The molecular weight excluding hydrogens is 571 g/mol. The van der Waals surface area contributed by atoms with Crippen molar-refractivity contribution in [3.8, 4) is 22.7 Å². The number of halogens is 7. The van der Waals surface area contributed by atoms with Gasteiger partial charge in [0, 0.05) is 17.1 Å². The number of alkyl halides is 7. The molecule has 0 fully saturated rings. The lowest BCUT2D eigenvalue weighted by atomic mass is 10.1. The average Bonchev–Trinajstić information content (AvgIpc) is 2.89. The minimum absolute atomic E-state index is 0.0199. The van der Waals surface area contributed by atoms with E-state index in [1.807, 2.05) is 0 Å². The van der Waals surface area contributed by atoms with Gasteiger partial charge in [-0.1, -0.05) is 25.1 Å². The summed E-state index contributed by atoms with van der Waals surface area (Å²) in [5.41, 5.74) is -1.98. The minimum Gasteiger partial charge on any atom is -0.428 e. The summed E-state index contributed by atoms with van der Waals surface area (Å²) in [6.45, 7) is 2.71. The molecule has 2 aromatic heterocycles. The molecule has 0 radical (unpaired) electrons. The van der Waals surface area contributed by atoms with Gasteiger partial charge in [-0.3, -0.25) is 4.79 Å². The van der Waals surface area contributed by atoms with Crippen LogP contribution in [0, 0.1) is 6.92 Å². The van der Waals surface area contributed by atoms with Gasteiger partial charge in [0.1, 0.15) is 10.6 Å². The molecule has 0 bridgehead atoms. The Balaban J connectivity index is 1.91. The highest BCUT2D eigenvalue weighted by atomic mass is 32.2. The van der Waals surface area contributed by atoms with Gasteiger partial charge in [-0.15, -0.1) is 0 Å².